The Morgan fingerprint density at radius 2 is 1.89 bits per heavy atom. The van der Waals surface area contributed by atoms with Crippen molar-refractivity contribution in [3.8, 4) is 11.3 Å². The first-order valence-corrected chi connectivity index (χ1v) is 6.87. The van der Waals surface area contributed by atoms with Crippen LogP contribution in [0.25, 0.3) is 11.3 Å². The highest BCUT2D eigenvalue weighted by atomic mass is 14.9. The van der Waals surface area contributed by atoms with Gasteiger partial charge in [0.1, 0.15) is 5.82 Å². The predicted molar refractivity (Wildman–Crippen MR) is 78.9 cm³/mol. The van der Waals surface area contributed by atoms with Crippen LogP contribution in [-0.4, -0.2) is 16.5 Å². The Labute approximate surface area is 114 Å². The maximum Gasteiger partial charge on any atom is 0.131 e. The molecule has 1 heterocycles. The molecule has 3 nitrogen and oxygen atoms in total. The molecule has 1 unspecified atom stereocenters. The fourth-order valence-corrected chi connectivity index (χ4v) is 2.06. The average molecular weight is 255 g/mol. The molecule has 1 atom stereocenters. The zero-order valence-electron chi connectivity index (χ0n) is 11.6. The number of rotatable bonds is 5. The van der Waals surface area contributed by atoms with Gasteiger partial charge in [0.2, 0.25) is 0 Å². The summed E-state index contributed by atoms with van der Waals surface area (Å²) in [4.78, 5) is 9.00. The number of nitrogens with zero attached hydrogens (tertiary/aromatic N) is 2. The zero-order valence-corrected chi connectivity index (χ0v) is 11.6. The molecule has 2 aromatic rings. The summed E-state index contributed by atoms with van der Waals surface area (Å²) in [5.74, 6) is 1.18. The standard InChI is InChI=1S/C16H21N3/c1-3-13-4-6-14(7-5-13)15-9-11-18-16(19-15)12(2)8-10-17/h4-7,9,11-12H,3,8,10,17H2,1-2H3. The molecule has 100 valence electrons. The third-order valence-electron chi connectivity index (χ3n) is 3.37. The number of nitrogens with two attached hydrogens (primary N) is 1. The van der Waals surface area contributed by atoms with Crippen LogP contribution in [0.4, 0.5) is 0 Å². The summed E-state index contributed by atoms with van der Waals surface area (Å²) in [7, 11) is 0. The lowest BCUT2D eigenvalue weighted by Gasteiger charge is -2.10. The van der Waals surface area contributed by atoms with Crippen molar-refractivity contribution in [2.75, 3.05) is 6.54 Å². The Morgan fingerprint density at radius 3 is 2.53 bits per heavy atom. The van der Waals surface area contributed by atoms with Crippen molar-refractivity contribution in [2.45, 2.75) is 32.6 Å². The molecule has 19 heavy (non-hydrogen) atoms. The summed E-state index contributed by atoms with van der Waals surface area (Å²) in [6.07, 6.45) is 3.81. The van der Waals surface area contributed by atoms with Crippen LogP contribution in [0, 0.1) is 0 Å². The van der Waals surface area contributed by atoms with E-state index in [4.69, 9.17) is 5.73 Å². The van der Waals surface area contributed by atoms with E-state index in [2.05, 4.69) is 48.1 Å². The fraction of sp³-hybridized carbons (Fsp3) is 0.375. The molecule has 0 fully saturated rings. The third kappa shape index (κ3) is 3.38. The number of benzene rings is 1. The Kier molecular flexibility index (Phi) is 4.63. The second kappa shape index (κ2) is 6.43. The number of hydrogen-bond acceptors (Lipinski definition) is 3. The van der Waals surface area contributed by atoms with Crippen molar-refractivity contribution in [2.24, 2.45) is 5.73 Å². The normalized spacial score (nSPS) is 12.4. The third-order valence-corrected chi connectivity index (χ3v) is 3.37. The van der Waals surface area contributed by atoms with Crippen LogP contribution in [0.3, 0.4) is 0 Å². The molecule has 0 amide bonds. The van der Waals surface area contributed by atoms with Crippen LogP contribution in [0.5, 0.6) is 0 Å². The summed E-state index contributed by atoms with van der Waals surface area (Å²) in [5.41, 5.74) is 9.06. The van der Waals surface area contributed by atoms with Gasteiger partial charge in [-0.2, -0.15) is 0 Å². The van der Waals surface area contributed by atoms with E-state index in [9.17, 15) is 0 Å². The first kappa shape index (κ1) is 13.7. The second-order valence-electron chi connectivity index (χ2n) is 4.83. The van der Waals surface area contributed by atoms with Gasteiger partial charge in [0.05, 0.1) is 5.69 Å². The van der Waals surface area contributed by atoms with E-state index in [1.807, 2.05) is 12.3 Å². The van der Waals surface area contributed by atoms with Crippen LogP contribution < -0.4 is 5.73 Å². The van der Waals surface area contributed by atoms with Gasteiger partial charge in [-0.1, -0.05) is 38.1 Å². The van der Waals surface area contributed by atoms with Crippen molar-refractivity contribution in [3.05, 3.63) is 47.9 Å². The molecule has 0 saturated heterocycles. The van der Waals surface area contributed by atoms with Crippen molar-refractivity contribution < 1.29 is 0 Å². The van der Waals surface area contributed by atoms with E-state index in [0.29, 0.717) is 12.5 Å². The maximum absolute atomic E-state index is 5.59. The van der Waals surface area contributed by atoms with E-state index in [-0.39, 0.29) is 0 Å². The first-order valence-electron chi connectivity index (χ1n) is 6.87. The van der Waals surface area contributed by atoms with Crippen molar-refractivity contribution in [1.29, 1.82) is 0 Å². The van der Waals surface area contributed by atoms with Gasteiger partial charge in [-0.3, -0.25) is 0 Å². The number of hydrogen-bond donors (Lipinski definition) is 1. The monoisotopic (exact) mass is 255 g/mol. The summed E-state index contributed by atoms with van der Waals surface area (Å²) < 4.78 is 0. The van der Waals surface area contributed by atoms with E-state index < -0.39 is 0 Å². The van der Waals surface area contributed by atoms with Crippen LogP contribution in [0.1, 0.15) is 37.6 Å². The first-order chi connectivity index (χ1) is 9.24. The summed E-state index contributed by atoms with van der Waals surface area (Å²) in [6, 6.07) is 10.5. The fourth-order valence-electron chi connectivity index (χ4n) is 2.06. The molecule has 2 rings (SSSR count). The number of aromatic nitrogens is 2. The highest BCUT2D eigenvalue weighted by Gasteiger charge is 2.09. The highest BCUT2D eigenvalue weighted by Crippen LogP contribution is 2.20. The van der Waals surface area contributed by atoms with Crippen LogP contribution in [0.15, 0.2) is 36.5 Å². The zero-order chi connectivity index (χ0) is 13.7. The summed E-state index contributed by atoms with van der Waals surface area (Å²) in [5, 5.41) is 0. The van der Waals surface area contributed by atoms with E-state index in [1.54, 1.807) is 0 Å². The van der Waals surface area contributed by atoms with Gasteiger partial charge < -0.3 is 5.73 Å². The Bertz CT molecular complexity index is 520. The Hall–Kier alpha value is -1.74. The lowest BCUT2D eigenvalue weighted by Crippen LogP contribution is -2.08. The van der Waals surface area contributed by atoms with Gasteiger partial charge in [-0.15, -0.1) is 0 Å². The minimum Gasteiger partial charge on any atom is -0.330 e. The van der Waals surface area contributed by atoms with Gasteiger partial charge in [-0.25, -0.2) is 9.97 Å². The molecular weight excluding hydrogens is 234 g/mol. The van der Waals surface area contributed by atoms with Crippen molar-refractivity contribution in [3.63, 3.8) is 0 Å². The van der Waals surface area contributed by atoms with Crippen molar-refractivity contribution in [1.82, 2.24) is 9.97 Å². The Morgan fingerprint density at radius 1 is 1.16 bits per heavy atom. The largest absolute Gasteiger partial charge is 0.330 e. The molecule has 2 N–H and O–H groups in total. The topological polar surface area (TPSA) is 51.8 Å². The highest BCUT2D eigenvalue weighted by molar-refractivity contribution is 5.59. The van der Waals surface area contributed by atoms with E-state index >= 15 is 0 Å². The van der Waals surface area contributed by atoms with Gasteiger partial charge in [0, 0.05) is 17.7 Å². The lowest BCUT2D eigenvalue weighted by atomic mass is 10.1. The van der Waals surface area contributed by atoms with E-state index in [1.165, 1.54) is 5.56 Å². The predicted octanol–water partition coefficient (Wildman–Crippen LogP) is 3.16. The molecule has 0 radical (unpaired) electrons. The molecule has 0 aliphatic carbocycles. The smallest absolute Gasteiger partial charge is 0.131 e. The molecule has 1 aromatic carbocycles. The lowest BCUT2D eigenvalue weighted by molar-refractivity contribution is 0.647. The molecule has 0 saturated carbocycles. The maximum atomic E-state index is 5.59. The quantitative estimate of drug-likeness (QED) is 0.893. The van der Waals surface area contributed by atoms with Crippen LogP contribution in [-0.2, 0) is 6.42 Å². The van der Waals surface area contributed by atoms with Gasteiger partial charge in [0.15, 0.2) is 0 Å². The second-order valence-corrected chi connectivity index (χ2v) is 4.83. The number of aryl methyl sites for hydroxylation is 1. The molecule has 3 heteroatoms. The SMILES string of the molecule is CCc1ccc(-c2ccnc(C(C)CCN)n2)cc1. The average Bonchev–Trinajstić information content (AvgIpc) is 2.48. The molecular formula is C16H21N3. The molecule has 0 bridgehead atoms. The van der Waals surface area contributed by atoms with Crippen molar-refractivity contribution >= 4 is 0 Å². The van der Waals surface area contributed by atoms with Gasteiger partial charge in [-0.05, 0) is 31.0 Å². The minimum absolute atomic E-state index is 0.305. The molecule has 0 aliphatic heterocycles. The van der Waals surface area contributed by atoms with Crippen LogP contribution >= 0.6 is 0 Å². The Balaban J connectivity index is 2.26. The summed E-state index contributed by atoms with van der Waals surface area (Å²) in [6.45, 7) is 4.94. The van der Waals surface area contributed by atoms with Gasteiger partial charge in [0.25, 0.3) is 0 Å². The van der Waals surface area contributed by atoms with E-state index in [0.717, 1.165) is 29.9 Å². The molecule has 0 spiro atoms. The molecule has 1 aromatic heterocycles. The van der Waals surface area contributed by atoms with Gasteiger partial charge >= 0.3 is 0 Å². The van der Waals surface area contributed by atoms with Crippen LogP contribution in [0.2, 0.25) is 0 Å². The molecule has 0 aliphatic rings. The minimum atomic E-state index is 0.305. The summed E-state index contributed by atoms with van der Waals surface area (Å²) >= 11 is 0.